The fraction of sp³-hybridized carbons (Fsp3) is 0.364. The Kier molecular flexibility index (Phi) is 8.57. The number of nitrogens with zero attached hydrogens (tertiary/aromatic N) is 1. The summed E-state index contributed by atoms with van der Waals surface area (Å²) in [6, 6.07) is 25.7. The zero-order valence-electron chi connectivity index (χ0n) is 22.5. The van der Waals surface area contributed by atoms with Crippen LogP contribution >= 0.6 is 0 Å². The SMILES string of the molecule is COCCCOc1cc(C)cc(CN(C(=O)C2=C(c3cccc(-c4ccccc4)c3)CCNC2)C2CC2)c1. The second kappa shape index (κ2) is 12.4. The first-order valence-electron chi connectivity index (χ1n) is 13.7. The lowest BCUT2D eigenvalue weighted by Gasteiger charge is -2.28. The van der Waals surface area contributed by atoms with Gasteiger partial charge in [-0.05, 0) is 84.3 Å². The first-order chi connectivity index (χ1) is 18.6. The van der Waals surface area contributed by atoms with Crippen molar-refractivity contribution in [2.75, 3.05) is 33.4 Å². The van der Waals surface area contributed by atoms with Crippen LogP contribution in [0.1, 0.15) is 42.4 Å². The third-order valence-corrected chi connectivity index (χ3v) is 7.27. The molecule has 1 fully saturated rings. The van der Waals surface area contributed by atoms with Crippen molar-refractivity contribution < 1.29 is 14.3 Å². The second-order valence-corrected chi connectivity index (χ2v) is 10.3. The fourth-order valence-electron chi connectivity index (χ4n) is 5.24. The minimum absolute atomic E-state index is 0.156. The molecule has 0 spiro atoms. The summed E-state index contributed by atoms with van der Waals surface area (Å²) in [6.07, 6.45) is 3.83. The van der Waals surface area contributed by atoms with Gasteiger partial charge in [-0.1, -0.05) is 54.6 Å². The molecule has 0 radical (unpaired) electrons. The number of nitrogens with one attached hydrogen (secondary N) is 1. The molecule has 1 aliphatic carbocycles. The molecule has 0 bridgehead atoms. The first kappa shape index (κ1) is 26.2. The van der Waals surface area contributed by atoms with Crippen LogP contribution < -0.4 is 10.1 Å². The van der Waals surface area contributed by atoms with Crippen LogP contribution in [-0.4, -0.2) is 50.3 Å². The molecule has 0 saturated heterocycles. The van der Waals surface area contributed by atoms with Crippen molar-refractivity contribution in [1.82, 2.24) is 10.2 Å². The second-order valence-electron chi connectivity index (χ2n) is 10.3. The van der Waals surface area contributed by atoms with Crippen LogP contribution in [0.15, 0.2) is 78.4 Å². The van der Waals surface area contributed by atoms with Crippen molar-refractivity contribution in [1.29, 1.82) is 0 Å². The van der Waals surface area contributed by atoms with E-state index < -0.39 is 0 Å². The Morgan fingerprint density at radius 2 is 1.74 bits per heavy atom. The molecular weight excluding hydrogens is 472 g/mol. The lowest BCUT2D eigenvalue weighted by atomic mass is 9.91. The van der Waals surface area contributed by atoms with Gasteiger partial charge in [0, 0.05) is 44.8 Å². The van der Waals surface area contributed by atoms with Gasteiger partial charge in [0.25, 0.3) is 5.91 Å². The number of ether oxygens (including phenoxy) is 2. The van der Waals surface area contributed by atoms with Crippen LogP contribution in [0.5, 0.6) is 5.75 Å². The molecule has 3 aromatic rings. The van der Waals surface area contributed by atoms with Gasteiger partial charge in [0.1, 0.15) is 5.75 Å². The van der Waals surface area contributed by atoms with E-state index in [4.69, 9.17) is 9.47 Å². The number of carbonyl (C=O) groups is 1. The number of rotatable bonds is 11. The topological polar surface area (TPSA) is 50.8 Å². The Hall–Kier alpha value is -3.41. The number of methoxy groups -OCH3 is 1. The minimum Gasteiger partial charge on any atom is -0.493 e. The van der Waals surface area contributed by atoms with Gasteiger partial charge in [0.15, 0.2) is 0 Å². The monoisotopic (exact) mass is 510 g/mol. The normalized spacial score (nSPS) is 15.4. The van der Waals surface area contributed by atoms with E-state index in [0.29, 0.717) is 32.3 Å². The Bertz CT molecular complexity index is 1280. The molecule has 0 atom stereocenters. The summed E-state index contributed by atoms with van der Waals surface area (Å²) in [7, 11) is 1.71. The van der Waals surface area contributed by atoms with E-state index in [-0.39, 0.29) is 5.91 Å². The molecule has 0 aromatic heterocycles. The number of benzene rings is 3. The van der Waals surface area contributed by atoms with Crippen LogP contribution in [-0.2, 0) is 16.1 Å². The van der Waals surface area contributed by atoms with Gasteiger partial charge in [0.2, 0.25) is 0 Å². The van der Waals surface area contributed by atoms with Gasteiger partial charge < -0.3 is 19.7 Å². The lowest BCUT2D eigenvalue weighted by molar-refractivity contribution is -0.128. The van der Waals surface area contributed by atoms with E-state index in [2.05, 4.69) is 83.9 Å². The van der Waals surface area contributed by atoms with Gasteiger partial charge in [-0.3, -0.25) is 4.79 Å². The van der Waals surface area contributed by atoms with E-state index in [9.17, 15) is 4.79 Å². The number of hydrogen-bond acceptors (Lipinski definition) is 4. The quantitative estimate of drug-likeness (QED) is 0.321. The maximum Gasteiger partial charge on any atom is 0.251 e. The molecule has 3 aromatic carbocycles. The van der Waals surface area contributed by atoms with E-state index in [1.165, 1.54) is 16.7 Å². The smallest absolute Gasteiger partial charge is 0.251 e. The van der Waals surface area contributed by atoms with Crippen molar-refractivity contribution in [3.63, 3.8) is 0 Å². The van der Waals surface area contributed by atoms with Crippen molar-refractivity contribution in [3.05, 3.63) is 95.1 Å². The average Bonchev–Trinajstić information content (AvgIpc) is 3.80. The predicted octanol–water partition coefficient (Wildman–Crippen LogP) is 6.02. The first-order valence-corrected chi connectivity index (χ1v) is 13.7. The lowest BCUT2D eigenvalue weighted by Crippen LogP contribution is -2.39. The fourth-order valence-corrected chi connectivity index (χ4v) is 5.24. The maximum atomic E-state index is 14.1. The predicted molar refractivity (Wildman–Crippen MR) is 153 cm³/mol. The number of hydrogen-bond donors (Lipinski definition) is 1. The standard InChI is InChI=1S/C33H38N2O3/c1-24-18-25(20-30(19-24)38-17-7-16-37-2)23-35(29-12-13-29)33(36)32-22-34-15-14-31(32)28-11-6-10-27(21-28)26-8-4-3-5-9-26/h3-6,8-11,18-21,29,34H,7,12-17,22-23H2,1-2H3. The summed E-state index contributed by atoms with van der Waals surface area (Å²) >= 11 is 0. The Morgan fingerprint density at radius 1 is 0.947 bits per heavy atom. The van der Waals surface area contributed by atoms with Crippen LogP contribution in [0.2, 0.25) is 0 Å². The van der Waals surface area contributed by atoms with E-state index in [1.807, 2.05) is 6.07 Å². The van der Waals surface area contributed by atoms with Crippen LogP contribution in [0, 0.1) is 6.92 Å². The van der Waals surface area contributed by atoms with Gasteiger partial charge in [-0.25, -0.2) is 0 Å². The molecule has 198 valence electrons. The summed E-state index contributed by atoms with van der Waals surface area (Å²) in [4.78, 5) is 16.2. The highest BCUT2D eigenvalue weighted by atomic mass is 16.5. The van der Waals surface area contributed by atoms with Gasteiger partial charge >= 0.3 is 0 Å². The van der Waals surface area contributed by atoms with Crippen LogP contribution in [0.4, 0.5) is 0 Å². The van der Waals surface area contributed by atoms with Crippen LogP contribution in [0.25, 0.3) is 16.7 Å². The number of amides is 1. The van der Waals surface area contributed by atoms with Crippen molar-refractivity contribution >= 4 is 11.5 Å². The third kappa shape index (κ3) is 6.53. The van der Waals surface area contributed by atoms with Gasteiger partial charge in [0.05, 0.1) is 6.61 Å². The van der Waals surface area contributed by atoms with E-state index in [1.54, 1.807) is 7.11 Å². The van der Waals surface area contributed by atoms with E-state index in [0.717, 1.165) is 60.2 Å². The zero-order valence-corrected chi connectivity index (χ0v) is 22.5. The Balaban J connectivity index is 1.40. The average molecular weight is 511 g/mol. The van der Waals surface area contributed by atoms with Gasteiger partial charge in [-0.15, -0.1) is 0 Å². The molecule has 5 rings (SSSR count). The summed E-state index contributed by atoms with van der Waals surface area (Å²) in [5.41, 5.74) is 7.84. The number of aryl methyl sites for hydroxylation is 1. The van der Waals surface area contributed by atoms with Gasteiger partial charge in [-0.2, -0.15) is 0 Å². The molecule has 1 amide bonds. The minimum atomic E-state index is 0.156. The van der Waals surface area contributed by atoms with Crippen molar-refractivity contribution in [2.45, 2.75) is 45.2 Å². The molecule has 5 heteroatoms. The summed E-state index contributed by atoms with van der Waals surface area (Å²) < 4.78 is 11.1. The highest BCUT2D eigenvalue weighted by Crippen LogP contribution is 2.34. The van der Waals surface area contributed by atoms with Crippen LogP contribution in [0.3, 0.4) is 0 Å². The Labute approximate surface area is 226 Å². The number of carbonyl (C=O) groups excluding carboxylic acids is 1. The zero-order chi connectivity index (χ0) is 26.3. The molecule has 1 saturated carbocycles. The van der Waals surface area contributed by atoms with Crippen molar-refractivity contribution in [2.24, 2.45) is 0 Å². The molecule has 1 aliphatic heterocycles. The Morgan fingerprint density at radius 3 is 2.53 bits per heavy atom. The van der Waals surface area contributed by atoms with E-state index >= 15 is 0 Å². The maximum absolute atomic E-state index is 14.1. The third-order valence-electron chi connectivity index (χ3n) is 7.27. The summed E-state index contributed by atoms with van der Waals surface area (Å²) in [5.74, 6) is 1.01. The summed E-state index contributed by atoms with van der Waals surface area (Å²) in [6.45, 7) is 5.47. The molecular formula is C33H38N2O3. The molecule has 2 aliphatic rings. The molecule has 0 unspecified atom stereocenters. The highest BCUT2D eigenvalue weighted by molar-refractivity contribution is 6.02. The molecule has 38 heavy (non-hydrogen) atoms. The van der Waals surface area contributed by atoms with Crippen molar-refractivity contribution in [3.8, 4) is 16.9 Å². The molecule has 1 N–H and O–H groups in total. The molecule has 5 nitrogen and oxygen atoms in total. The highest BCUT2D eigenvalue weighted by Gasteiger charge is 2.35. The summed E-state index contributed by atoms with van der Waals surface area (Å²) in [5, 5.41) is 3.46. The molecule has 1 heterocycles. The largest absolute Gasteiger partial charge is 0.493 e.